The highest BCUT2D eigenvalue weighted by atomic mass is 19.4. The first-order valence-corrected chi connectivity index (χ1v) is 11.6. The van der Waals surface area contributed by atoms with E-state index >= 15 is 0 Å². The van der Waals surface area contributed by atoms with Crippen molar-refractivity contribution < 1.29 is 36.1 Å². The van der Waals surface area contributed by atoms with E-state index in [0.717, 1.165) is 16.5 Å². The van der Waals surface area contributed by atoms with Gasteiger partial charge in [-0.3, -0.25) is 4.98 Å². The Bertz CT molecular complexity index is 1460. The molecule has 3 aromatic carbocycles. The lowest BCUT2D eigenvalue weighted by Gasteiger charge is -2.37. The van der Waals surface area contributed by atoms with Crippen molar-refractivity contribution in [1.82, 2.24) is 4.98 Å². The van der Waals surface area contributed by atoms with E-state index in [2.05, 4.69) is 4.98 Å². The first kappa shape index (κ1) is 26.0. The van der Waals surface area contributed by atoms with E-state index < -0.39 is 34.8 Å². The van der Waals surface area contributed by atoms with Crippen LogP contribution in [-0.2, 0) is 27.5 Å². The number of fused-ring (bicyclic) bond motifs is 1. The second-order valence-electron chi connectivity index (χ2n) is 9.62. The number of halogens is 6. The van der Waals surface area contributed by atoms with Gasteiger partial charge in [0.25, 0.3) is 0 Å². The summed E-state index contributed by atoms with van der Waals surface area (Å²) < 4.78 is 81.6. The molecule has 0 atom stereocenters. The number of likely N-dealkylation sites (N-methyl/N-ethyl adjacent to an activating group) is 1. The van der Waals surface area contributed by atoms with Gasteiger partial charge in [0.2, 0.25) is 0 Å². The van der Waals surface area contributed by atoms with Crippen LogP contribution in [0.4, 0.5) is 32.0 Å². The number of nitrogens with zero attached hydrogens (tertiary/aromatic N) is 2. The second kappa shape index (κ2) is 8.71. The van der Waals surface area contributed by atoms with Gasteiger partial charge in [-0.05, 0) is 61.4 Å². The van der Waals surface area contributed by atoms with Crippen LogP contribution in [0.3, 0.4) is 0 Å². The minimum absolute atomic E-state index is 0.106. The van der Waals surface area contributed by atoms with Gasteiger partial charge in [-0.2, -0.15) is 36.1 Å². The zero-order chi connectivity index (χ0) is 27.5. The van der Waals surface area contributed by atoms with Crippen molar-refractivity contribution in [2.45, 2.75) is 37.5 Å². The summed E-state index contributed by atoms with van der Waals surface area (Å²) >= 11 is 0. The van der Waals surface area contributed by atoms with Gasteiger partial charge in [-0.1, -0.05) is 36.4 Å². The molecule has 0 spiro atoms. The van der Waals surface area contributed by atoms with E-state index in [4.69, 9.17) is 9.78 Å². The van der Waals surface area contributed by atoms with Crippen LogP contribution < -0.4 is 4.90 Å². The first-order chi connectivity index (χ1) is 17.8. The molecule has 5 rings (SSSR count). The Morgan fingerprint density at radius 1 is 0.737 bits per heavy atom. The monoisotopic (exact) mass is 532 g/mol. The summed E-state index contributed by atoms with van der Waals surface area (Å²) in [5.74, 6) is -1.69. The fourth-order valence-electron chi connectivity index (χ4n) is 4.76. The molecular weight excluding hydrogens is 510 g/mol. The minimum atomic E-state index is -4.98. The van der Waals surface area contributed by atoms with Crippen LogP contribution in [0.1, 0.15) is 30.5 Å². The van der Waals surface area contributed by atoms with Crippen molar-refractivity contribution in [2.24, 2.45) is 0 Å². The summed E-state index contributed by atoms with van der Waals surface area (Å²) in [5, 5.41) is 0.801. The standard InChI is InChI=1S/C28H22F6N2O2/c1-25(2,18-14-19(26(29,30)31)16-20(15-18)27(32,33)34)28(37-38-28)36(3)23-12-11-22-21(10-7-13-35-22)24(23)17-8-5-4-6-9-17/h4-16H,1-3H3. The largest absolute Gasteiger partial charge is 0.416 e. The van der Waals surface area contributed by atoms with Gasteiger partial charge in [0.15, 0.2) is 0 Å². The van der Waals surface area contributed by atoms with E-state index in [1.165, 1.54) is 13.8 Å². The smallest absolute Gasteiger partial charge is 0.319 e. The third-order valence-corrected chi connectivity index (χ3v) is 6.97. The average molecular weight is 532 g/mol. The van der Waals surface area contributed by atoms with E-state index in [1.54, 1.807) is 36.3 Å². The molecule has 0 N–H and O–H groups in total. The number of alkyl halides is 6. The number of pyridine rings is 1. The van der Waals surface area contributed by atoms with Crippen molar-refractivity contribution in [3.63, 3.8) is 0 Å². The maximum Gasteiger partial charge on any atom is 0.416 e. The van der Waals surface area contributed by atoms with Gasteiger partial charge in [-0.15, -0.1) is 0 Å². The number of hydrogen-bond donors (Lipinski definition) is 0. The number of benzene rings is 3. The number of anilines is 1. The predicted octanol–water partition coefficient (Wildman–Crippen LogP) is 7.97. The Kier molecular flexibility index (Phi) is 5.96. The molecule has 198 valence electrons. The molecule has 1 aliphatic rings. The summed E-state index contributed by atoms with van der Waals surface area (Å²) in [6.07, 6.45) is -8.31. The lowest BCUT2D eigenvalue weighted by Crippen LogP contribution is -2.50. The molecule has 4 nitrogen and oxygen atoms in total. The summed E-state index contributed by atoms with van der Waals surface area (Å²) in [6, 6.07) is 18.1. The topological polar surface area (TPSA) is 41.2 Å². The Morgan fingerprint density at radius 3 is 1.87 bits per heavy atom. The molecule has 10 heteroatoms. The Hall–Kier alpha value is -3.63. The van der Waals surface area contributed by atoms with Gasteiger partial charge in [0.1, 0.15) is 0 Å². The molecule has 4 aromatic rings. The van der Waals surface area contributed by atoms with Crippen LogP contribution in [0.5, 0.6) is 0 Å². The van der Waals surface area contributed by atoms with Gasteiger partial charge in [0.05, 0.1) is 22.1 Å². The molecule has 0 unspecified atom stereocenters. The molecule has 1 saturated heterocycles. The van der Waals surface area contributed by atoms with Crippen LogP contribution in [0.2, 0.25) is 0 Å². The molecule has 2 heterocycles. The van der Waals surface area contributed by atoms with Crippen molar-refractivity contribution in [3.8, 4) is 11.1 Å². The molecule has 0 amide bonds. The van der Waals surface area contributed by atoms with E-state index in [-0.39, 0.29) is 11.6 Å². The van der Waals surface area contributed by atoms with Crippen molar-refractivity contribution in [1.29, 1.82) is 0 Å². The molecule has 0 aliphatic carbocycles. The third-order valence-electron chi connectivity index (χ3n) is 6.97. The summed E-state index contributed by atoms with van der Waals surface area (Å²) in [7, 11) is 1.62. The highest BCUT2D eigenvalue weighted by Crippen LogP contribution is 2.54. The van der Waals surface area contributed by atoms with E-state index in [1.807, 2.05) is 36.4 Å². The Labute approximate surface area is 214 Å². The predicted molar refractivity (Wildman–Crippen MR) is 130 cm³/mol. The van der Waals surface area contributed by atoms with Crippen molar-refractivity contribution in [2.75, 3.05) is 11.9 Å². The van der Waals surface area contributed by atoms with Crippen molar-refractivity contribution in [3.05, 3.63) is 95.7 Å². The fraction of sp³-hybridized carbons (Fsp3) is 0.250. The number of hydrogen-bond acceptors (Lipinski definition) is 4. The minimum Gasteiger partial charge on any atom is -0.319 e. The molecule has 1 aliphatic heterocycles. The van der Waals surface area contributed by atoms with Crippen LogP contribution in [0.15, 0.2) is 79.0 Å². The fourth-order valence-corrected chi connectivity index (χ4v) is 4.76. The molecular formula is C28H22F6N2O2. The summed E-state index contributed by atoms with van der Waals surface area (Å²) in [4.78, 5) is 16.9. The molecule has 1 aromatic heterocycles. The SMILES string of the molecule is CN(c1ccc2ncccc2c1-c1ccccc1)C1(C(C)(C)c2cc(C(F)(F)F)cc(C(F)(F)F)c2)OO1. The second-order valence-corrected chi connectivity index (χ2v) is 9.62. The molecule has 0 saturated carbocycles. The van der Waals surface area contributed by atoms with E-state index in [9.17, 15) is 26.3 Å². The summed E-state index contributed by atoms with van der Waals surface area (Å²) in [5.41, 5.74) is -1.65. The van der Waals surface area contributed by atoms with Gasteiger partial charge in [0, 0.05) is 29.9 Å². The zero-order valence-electron chi connectivity index (χ0n) is 20.5. The molecule has 0 bridgehead atoms. The summed E-state index contributed by atoms with van der Waals surface area (Å²) in [6.45, 7) is 2.97. The Balaban J connectivity index is 1.67. The lowest BCUT2D eigenvalue weighted by molar-refractivity contribution is -0.143. The highest BCUT2D eigenvalue weighted by molar-refractivity contribution is 6.01. The molecule has 1 fully saturated rings. The van der Waals surface area contributed by atoms with E-state index in [0.29, 0.717) is 23.3 Å². The van der Waals surface area contributed by atoms with Gasteiger partial charge < -0.3 is 4.90 Å². The normalized spacial score (nSPS) is 15.5. The van der Waals surface area contributed by atoms with Crippen LogP contribution in [0.25, 0.3) is 22.0 Å². The number of aromatic nitrogens is 1. The maximum atomic E-state index is 13.6. The maximum absolute atomic E-state index is 13.6. The van der Waals surface area contributed by atoms with Crippen LogP contribution in [-0.4, -0.2) is 17.9 Å². The van der Waals surface area contributed by atoms with Gasteiger partial charge >= 0.3 is 18.3 Å². The van der Waals surface area contributed by atoms with Gasteiger partial charge in [-0.25, -0.2) is 0 Å². The van der Waals surface area contributed by atoms with Crippen molar-refractivity contribution >= 4 is 16.6 Å². The quantitative estimate of drug-likeness (QED) is 0.149. The number of rotatable bonds is 5. The zero-order valence-corrected chi connectivity index (χ0v) is 20.5. The van der Waals surface area contributed by atoms with Crippen LogP contribution in [0, 0.1) is 0 Å². The average Bonchev–Trinajstić information content (AvgIpc) is 3.70. The molecule has 38 heavy (non-hydrogen) atoms. The molecule has 0 radical (unpaired) electrons. The van der Waals surface area contributed by atoms with Crippen LogP contribution >= 0.6 is 0 Å². The third kappa shape index (κ3) is 4.27. The Morgan fingerprint density at radius 2 is 1.32 bits per heavy atom. The lowest BCUT2D eigenvalue weighted by atomic mass is 9.78. The highest BCUT2D eigenvalue weighted by Gasteiger charge is 2.66. The first-order valence-electron chi connectivity index (χ1n) is 11.6.